The molecule has 3 atom stereocenters. The number of benzene rings is 1. The molecule has 1 aliphatic carbocycles. The molecule has 1 aromatic carbocycles. The summed E-state index contributed by atoms with van der Waals surface area (Å²) in [6.07, 6.45) is 2.96. The molecular formula is C15H20N2O4. The van der Waals surface area contributed by atoms with Gasteiger partial charge in [-0.3, -0.25) is 14.9 Å². The van der Waals surface area contributed by atoms with Crippen LogP contribution in [0.2, 0.25) is 0 Å². The lowest BCUT2D eigenvalue weighted by Gasteiger charge is -2.32. The summed E-state index contributed by atoms with van der Waals surface area (Å²) in [6, 6.07) is 3.78. The number of carbonyl (C=O) groups is 1. The van der Waals surface area contributed by atoms with E-state index in [9.17, 15) is 20.0 Å². The topological polar surface area (TPSA) is 92.5 Å². The number of phenolic OH excluding ortho intramolecular Hbond substituents is 1. The minimum absolute atomic E-state index is 0.126. The Balaban J connectivity index is 2.04. The van der Waals surface area contributed by atoms with E-state index in [-0.39, 0.29) is 17.5 Å². The van der Waals surface area contributed by atoms with Crippen molar-refractivity contribution in [1.82, 2.24) is 5.32 Å². The average Bonchev–Trinajstić information content (AvgIpc) is 2.42. The summed E-state index contributed by atoms with van der Waals surface area (Å²) >= 11 is 0. The molecule has 1 aliphatic rings. The first kappa shape index (κ1) is 15.3. The SMILES string of the molecule is CC1CCC(NC(=O)c2ccc([N+](=O)[O-])c(O)c2)CC1C. The van der Waals surface area contributed by atoms with Gasteiger partial charge in [0.1, 0.15) is 0 Å². The van der Waals surface area contributed by atoms with Gasteiger partial charge in [-0.25, -0.2) is 0 Å². The highest BCUT2D eigenvalue weighted by molar-refractivity contribution is 5.95. The number of nitrogens with zero attached hydrogens (tertiary/aromatic N) is 1. The third-order valence-corrected chi connectivity index (χ3v) is 4.37. The van der Waals surface area contributed by atoms with Gasteiger partial charge < -0.3 is 10.4 Å². The van der Waals surface area contributed by atoms with E-state index >= 15 is 0 Å². The first-order valence-electron chi connectivity index (χ1n) is 7.16. The molecule has 0 aromatic heterocycles. The van der Waals surface area contributed by atoms with Crippen molar-refractivity contribution in [3.63, 3.8) is 0 Å². The van der Waals surface area contributed by atoms with Gasteiger partial charge in [0, 0.05) is 17.7 Å². The lowest BCUT2D eigenvalue weighted by Crippen LogP contribution is -2.39. The number of aromatic hydroxyl groups is 1. The molecule has 0 bridgehead atoms. The van der Waals surface area contributed by atoms with E-state index in [1.165, 1.54) is 6.07 Å². The van der Waals surface area contributed by atoms with Crippen molar-refractivity contribution in [1.29, 1.82) is 0 Å². The van der Waals surface area contributed by atoms with E-state index in [1.54, 1.807) is 0 Å². The summed E-state index contributed by atoms with van der Waals surface area (Å²) in [4.78, 5) is 22.1. The molecule has 0 heterocycles. The monoisotopic (exact) mass is 292 g/mol. The first-order chi connectivity index (χ1) is 9.88. The lowest BCUT2D eigenvalue weighted by atomic mass is 9.79. The lowest BCUT2D eigenvalue weighted by molar-refractivity contribution is -0.385. The third kappa shape index (κ3) is 3.51. The summed E-state index contributed by atoms with van der Waals surface area (Å²) < 4.78 is 0. The van der Waals surface area contributed by atoms with Crippen LogP contribution in [-0.2, 0) is 0 Å². The van der Waals surface area contributed by atoms with Crippen LogP contribution in [0.4, 0.5) is 5.69 Å². The molecule has 1 fully saturated rings. The highest BCUT2D eigenvalue weighted by Crippen LogP contribution is 2.30. The Morgan fingerprint density at radius 3 is 2.62 bits per heavy atom. The molecule has 2 N–H and O–H groups in total. The van der Waals surface area contributed by atoms with Crippen molar-refractivity contribution in [2.24, 2.45) is 11.8 Å². The third-order valence-electron chi connectivity index (χ3n) is 4.37. The number of hydrogen-bond donors (Lipinski definition) is 2. The van der Waals surface area contributed by atoms with Gasteiger partial charge in [0.05, 0.1) is 4.92 Å². The number of nitro groups is 1. The summed E-state index contributed by atoms with van der Waals surface area (Å²) in [5.41, 5.74) is -0.156. The molecule has 114 valence electrons. The van der Waals surface area contributed by atoms with Gasteiger partial charge in [-0.1, -0.05) is 13.8 Å². The fourth-order valence-corrected chi connectivity index (χ4v) is 2.77. The molecule has 0 aliphatic heterocycles. The molecular weight excluding hydrogens is 272 g/mol. The van der Waals surface area contributed by atoms with E-state index in [2.05, 4.69) is 19.2 Å². The molecule has 6 heteroatoms. The highest BCUT2D eigenvalue weighted by atomic mass is 16.6. The van der Waals surface area contributed by atoms with Crippen molar-refractivity contribution in [2.45, 2.75) is 39.2 Å². The highest BCUT2D eigenvalue weighted by Gasteiger charge is 2.26. The Morgan fingerprint density at radius 1 is 1.33 bits per heavy atom. The van der Waals surface area contributed by atoms with Crippen molar-refractivity contribution in [3.8, 4) is 5.75 Å². The molecule has 6 nitrogen and oxygen atoms in total. The summed E-state index contributed by atoms with van der Waals surface area (Å²) in [5.74, 6) is 0.445. The van der Waals surface area contributed by atoms with Crippen LogP contribution in [-0.4, -0.2) is 22.0 Å². The summed E-state index contributed by atoms with van der Waals surface area (Å²) in [6.45, 7) is 4.40. The summed E-state index contributed by atoms with van der Waals surface area (Å²) in [7, 11) is 0. The van der Waals surface area contributed by atoms with E-state index in [1.807, 2.05) is 0 Å². The van der Waals surface area contributed by atoms with Crippen molar-refractivity contribution < 1.29 is 14.8 Å². The number of carbonyl (C=O) groups excluding carboxylic acids is 1. The zero-order valence-electron chi connectivity index (χ0n) is 12.2. The Hall–Kier alpha value is -2.11. The van der Waals surface area contributed by atoms with Crippen molar-refractivity contribution >= 4 is 11.6 Å². The average molecular weight is 292 g/mol. The molecule has 1 amide bonds. The van der Waals surface area contributed by atoms with Crippen LogP contribution in [0, 0.1) is 22.0 Å². The Morgan fingerprint density at radius 2 is 2.05 bits per heavy atom. The zero-order chi connectivity index (χ0) is 15.6. The quantitative estimate of drug-likeness (QED) is 0.661. The molecule has 1 saturated carbocycles. The van der Waals surface area contributed by atoms with Crippen LogP contribution in [0.25, 0.3) is 0 Å². The zero-order valence-corrected chi connectivity index (χ0v) is 12.2. The van der Waals surface area contributed by atoms with Gasteiger partial charge in [-0.05, 0) is 43.2 Å². The van der Waals surface area contributed by atoms with Crippen LogP contribution in [0.5, 0.6) is 5.75 Å². The number of phenols is 1. The predicted octanol–water partition coefficient (Wildman–Crippen LogP) is 2.85. The molecule has 0 spiro atoms. The molecule has 21 heavy (non-hydrogen) atoms. The first-order valence-corrected chi connectivity index (χ1v) is 7.16. The molecule has 3 unspecified atom stereocenters. The fourth-order valence-electron chi connectivity index (χ4n) is 2.77. The van der Waals surface area contributed by atoms with E-state index in [0.29, 0.717) is 11.8 Å². The maximum atomic E-state index is 12.1. The van der Waals surface area contributed by atoms with Crippen LogP contribution in [0.1, 0.15) is 43.5 Å². The van der Waals surface area contributed by atoms with Gasteiger partial charge in [0.25, 0.3) is 5.91 Å². The Labute approximate surface area is 123 Å². The maximum Gasteiger partial charge on any atom is 0.310 e. The Kier molecular flexibility index (Phi) is 4.45. The van der Waals surface area contributed by atoms with E-state index in [0.717, 1.165) is 31.4 Å². The molecule has 2 rings (SSSR count). The fraction of sp³-hybridized carbons (Fsp3) is 0.533. The number of amides is 1. The largest absolute Gasteiger partial charge is 0.502 e. The second-order valence-electron chi connectivity index (χ2n) is 5.90. The van der Waals surface area contributed by atoms with Gasteiger partial charge in [-0.15, -0.1) is 0 Å². The second-order valence-corrected chi connectivity index (χ2v) is 5.90. The van der Waals surface area contributed by atoms with Crippen molar-refractivity contribution in [2.75, 3.05) is 0 Å². The van der Waals surface area contributed by atoms with Gasteiger partial charge >= 0.3 is 5.69 Å². The molecule has 0 radical (unpaired) electrons. The predicted molar refractivity (Wildman–Crippen MR) is 78.2 cm³/mol. The van der Waals surface area contributed by atoms with Crippen molar-refractivity contribution in [3.05, 3.63) is 33.9 Å². The number of hydrogen-bond acceptors (Lipinski definition) is 4. The number of rotatable bonds is 3. The molecule has 0 saturated heterocycles. The normalized spacial score (nSPS) is 25.3. The van der Waals surface area contributed by atoms with Gasteiger partial charge in [0.15, 0.2) is 5.75 Å². The van der Waals surface area contributed by atoms with E-state index < -0.39 is 16.4 Å². The van der Waals surface area contributed by atoms with Crippen LogP contribution in [0.3, 0.4) is 0 Å². The minimum atomic E-state index is -0.679. The minimum Gasteiger partial charge on any atom is -0.502 e. The summed E-state index contributed by atoms with van der Waals surface area (Å²) in [5, 5.41) is 23.1. The molecule has 1 aromatic rings. The maximum absolute atomic E-state index is 12.1. The Bertz CT molecular complexity index is 559. The number of nitro benzene ring substituents is 1. The van der Waals surface area contributed by atoms with Gasteiger partial charge in [-0.2, -0.15) is 0 Å². The van der Waals surface area contributed by atoms with E-state index in [4.69, 9.17) is 0 Å². The van der Waals surface area contributed by atoms with Crippen LogP contribution >= 0.6 is 0 Å². The second kappa shape index (κ2) is 6.11. The standard InChI is InChI=1S/C15H20N2O4/c1-9-3-5-12(7-10(9)2)16-15(19)11-4-6-13(17(20)21)14(18)8-11/h4,6,8-10,12,18H,3,5,7H2,1-2H3,(H,16,19). The van der Waals surface area contributed by atoms with Crippen LogP contribution in [0.15, 0.2) is 18.2 Å². The van der Waals surface area contributed by atoms with Gasteiger partial charge in [0.2, 0.25) is 0 Å². The van der Waals surface area contributed by atoms with Crippen LogP contribution < -0.4 is 5.32 Å². The number of nitrogens with one attached hydrogen (secondary N) is 1. The smallest absolute Gasteiger partial charge is 0.310 e.